The van der Waals surface area contributed by atoms with Gasteiger partial charge in [0.15, 0.2) is 0 Å². The van der Waals surface area contributed by atoms with Gasteiger partial charge in [0, 0.05) is 12.1 Å². The van der Waals surface area contributed by atoms with E-state index in [2.05, 4.69) is 10.6 Å². The van der Waals surface area contributed by atoms with Crippen LogP contribution in [0.4, 0.5) is 10.1 Å². The van der Waals surface area contributed by atoms with Crippen molar-refractivity contribution in [3.63, 3.8) is 0 Å². The molecule has 1 aromatic heterocycles. The van der Waals surface area contributed by atoms with Gasteiger partial charge in [0.25, 0.3) is 0 Å². The Bertz CT molecular complexity index is 643. The zero-order valence-electron chi connectivity index (χ0n) is 11.6. The molecule has 0 radical (unpaired) electrons. The van der Waals surface area contributed by atoms with E-state index < -0.39 is 23.7 Å². The molecule has 1 atom stereocenters. The van der Waals surface area contributed by atoms with Crippen LogP contribution in [0.25, 0.3) is 0 Å². The standard InChI is InChI=1S/C15H15FN2O4/c16-11-3-1-2-4-12(11)18-15(21)14(20)17-7-5-13(19)10-6-8-22-9-10/h1-4,6,8-9,13,19H,5,7H2,(H,17,20)(H,18,21). The van der Waals surface area contributed by atoms with Gasteiger partial charge in [-0.2, -0.15) is 0 Å². The summed E-state index contributed by atoms with van der Waals surface area (Å²) in [5.41, 5.74) is 0.520. The molecule has 116 valence electrons. The highest BCUT2D eigenvalue weighted by Gasteiger charge is 2.16. The molecule has 0 bridgehead atoms. The maximum Gasteiger partial charge on any atom is 0.313 e. The third-order valence-corrected chi connectivity index (χ3v) is 2.96. The monoisotopic (exact) mass is 306 g/mol. The Hall–Kier alpha value is -2.67. The van der Waals surface area contributed by atoms with E-state index in [1.54, 1.807) is 6.07 Å². The topological polar surface area (TPSA) is 91.6 Å². The van der Waals surface area contributed by atoms with Crippen molar-refractivity contribution in [1.82, 2.24) is 5.32 Å². The zero-order valence-corrected chi connectivity index (χ0v) is 11.6. The van der Waals surface area contributed by atoms with Crippen LogP contribution in [0, 0.1) is 5.82 Å². The highest BCUT2D eigenvalue weighted by atomic mass is 19.1. The van der Waals surface area contributed by atoms with Crippen molar-refractivity contribution >= 4 is 17.5 Å². The summed E-state index contributed by atoms with van der Waals surface area (Å²) < 4.78 is 18.2. The smallest absolute Gasteiger partial charge is 0.313 e. The summed E-state index contributed by atoms with van der Waals surface area (Å²) in [6, 6.07) is 7.15. The molecule has 2 aromatic rings. The fourth-order valence-corrected chi connectivity index (χ4v) is 1.78. The number of amides is 2. The number of carbonyl (C=O) groups excluding carboxylic acids is 2. The number of para-hydroxylation sites is 1. The first-order valence-corrected chi connectivity index (χ1v) is 6.62. The largest absolute Gasteiger partial charge is 0.472 e. The first-order chi connectivity index (χ1) is 10.6. The predicted octanol–water partition coefficient (Wildman–Crippen LogP) is 1.60. The molecule has 1 unspecified atom stereocenters. The number of hydrogen-bond acceptors (Lipinski definition) is 4. The van der Waals surface area contributed by atoms with Crippen LogP contribution in [0.15, 0.2) is 47.3 Å². The van der Waals surface area contributed by atoms with Gasteiger partial charge in [-0.25, -0.2) is 4.39 Å². The van der Waals surface area contributed by atoms with Gasteiger partial charge in [-0.1, -0.05) is 12.1 Å². The van der Waals surface area contributed by atoms with Crippen molar-refractivity contribution in [1.29, 1.82) is 0 Å². The number of aliphatic hydroxyl groups is 1. The third kappa shape index (κ3) is 4.16. The molecule has 1 heterocycles. The normalized spacial score (nSPS) is 11.7. The van der Waals surface area contributed by atoms with Crippen molar-refractivity contribution in [2.24, 2.45) is 0 Å². The number of benzene rings is 1. The molecule has 0 saturated carbocycles. The number of halogens is 1. The van der Waals surface area contributed by atoms with Gasteiger partial charge in [0.2, 0.25) is 0 Å². The number of aliphatic hydroxyl groups excluding tert-OH is 1. The summed E-state index contributed by atoms with van der Waals surface area (Å²) in [5, 5.41) is 14.3. The minimum absolute atomic E-state index is 0.0684. The average Bonchev–Trinajstić information content (AvgIpc) is 3.03. The minimum atomic E-state index is -0.970. The second-order valence-corrected chi connectivity index (χ2v) is 4.55. The van der Waals surface area contributed by atoms with Crippen molar-refractivity contribution in [2.75, 3.05) is 11.9 Å². The summed E-state index contributed by atoms with van der Waals surface area (Å²) in [6.45, 7) is 0.0931. The fourth-order valence-electron chi connectivity index (χ4n) is 1.78. The number of rotatable bonds is 5. The SMILES string of the molecule is O=C(NCCC(O)c1ccoc1)C(=O)Nc1ccccc1F. The lowest BCUT2D eigenvalue weighted by atomic mass is 10.1. The van der Waals surface area contributed by atoms with Crippen LogP contribution < -0.4 is 10.6 Å². The predicted molar refractivity (Wildman–Crippen MR) is 76.3 cm³/mol. The van der Waals surface area contributed by atoms with Crippen molar-refractivity contribution < 1.29 is 23.5 Å². The second kappa shape index (κ2) is 7.37. The maximum atomic E-state index is 13.3. The van der Waals surface area contributed by atoms with Crippen molar-refractivity contribution in [3.05, 3.63) is 54.2 Å². The van der Waals surface area contributed by atoms with Crippen LogP contribution in [0.2, 0.25) is 0 Å². The number of anilines is 1. The highest BCUT2D eigenvalue weighted by molar-refractivity contribution is 6.39. The zero-order chi connectivity index (χ0) is 15.9. The molecule has 0 aliphatic carbocycles. The molecule has 2 rings (SSSR count). The number of nitrogens with one attached hydrogen (secondary N) is 2. The second-order valence-electron chi connectivity index (χ2n) is 4.55. The maximum absolute atomic E-state index is 13.3. The molecule has 2 amide bonds. The Morgan fingerprint density at radius 2 is 2.00 bits per heavy atom. The Kier molecular flexibility index (Phi) is 5.26. The molecule has 0 fully saturated rings. The average molecular weight is 306 g/mol. The summed E-state index contributed by atoms with van der Waals surface area (Å²) in [7, 11) is 0. The summed E-state index contributed by atoms with van der Waals surface area (Å²) in [5.74, 6) is -2.50. The number of hydrogen-bond donors (Lipinski definition) is 3. The van der Waals surface area contributed by atoms with Crippen LogP contribution in [-0.4, -0.2) is 23.5 Å². The lowest BCUT2D eigenvalue weighted by Crippen LogP contribution is -2.36. The van der Waals surface area contributed by atoms with Gasteiger partial charge in [-0.15, -0.1) is 0 Å². The quantitative estimate of drug-likeness (QED) is 0.732. The highest BCUT2D eigenvalue weighted by Crippen LogP contribution is 2.16. The van der Waals surface area contributed by atoms with Crippen molar-refractivity contribution in [2.45, 2.75) is 12.5 Å². The van der Waals surface area contributed by atoms with E-state index >= 15 is 0 Å². The molecule has 0 spiro atoms. The fraction of sp³-hybridized carbons (Fsp3) is 0.200. The Morgan fingerprint density at radius 3 is 2.68 bits per heavy atom. The van der Waals surface area contributed by atoms with Gasteiger partial charge < -0.3 is 20.2 Å². The first kappa shape index (κ1) is 15.7. The molecule has 22 heavy (non-hydrogen) atoms. The van der Waals surface area contributed by atoms with Gasteiger partial charge in [-0.05, 0) is 24.6 Å². The summed E-state index contributed by atoms with van der Waals surface area (Å²) >= 11 is 0. The van der Waals surface area contributed by atoms with Crippen molar-refractivity contribution in [3.8, 4) is 0 Å². The molecule has 0 saturated heterocycles. The molecule has 1 aromatic carbocycles. The van der Waals surface area contributed by atoms with Gasteiger partial charge in [-0.3, -0.25) is 9.59 Å². The Labute approximate surface area is 125 Å². The van der Waals surface area contributed by atoms with Gasteiger partial charge >= 0.3 is 11.8 Å². The summed E-state index contributed by atoms with van der Waals surface area (Å²) in [4.78, 5) is 23.2. The molecular weight excluding hydrogens is 291 g/mol. The molecule has 0 aliphatic rings. The molecule has 7 heteroatoms. The van der Waals surface area contributed by atoms with E-state index in [0.717, 1.165) is 0 Å². The van der Waals surface area contributed by atoms with Crippen LogP contribution in [0.1, 0.15) is 18.1 Å². The van der Waals surface area contributed by atoms with E-state index in [-0.39, 0.29) is 18.7 Å². The lowest BCUT2D eigenvalue weighted by molar-refractivity contribution is -0.136. The Morgan fingerprint density at radius 1 is 1.23 bits per heavy atom. The Balaban J connectivity index is 1.77. The van der Waals surface area contributed by atoms with E-state index in [4.69, 9.17) is 4.42 Å². The number of furan rings is 1. The minimum Gasteiger partial charge on any atom is -0.472 e. The van der Waals surface area contributed by atoms with E-state index in [0.29, 0.717) is 5.56 Å². The van der Waals surface area contributed by atoms with E-state index in [1.807, 2.05) is 0 Å². The van der Waals surface area contributed by atoms with E-state index in [1.165, 1.54) is 36.8 Å². The lowest BCUT2D eigenvalue weighted by Gasteiger charge is -2.10. The first-order valence-electron chi connectivity index (χ1n) is 6.62. The van der Waals surface area contributed by atoms with E-state index in [9.17, 15) is 19.1 Å². The van der Waals surface area contributed by atoms with Gasteiger partial charge in [0.1, 0.15) is 5.82 Å². The number of carbonyl (C=O) groups is 2. The molecule has 0 aliphatic heterocycles. The summed E-state index contributed by atoms with van der Waals surface area (Å²) in [6.07, 6.45) is 2.25. The molecule has 3 N–H and O–H groups in total. The molecular formula is C15H15FN2O4. The van der Waals surface area contributed by atoms with Crippen LogP contribution >= 0.6 is 0 Å². The third-order valence-electron chi connectivity index (χ3n) is 2.96. The molecule has 6 nitrogen and oxygen atoms in total. The van der Waals surface area contributed by atoms with Gasteiger partial charge in [0.05, 0.1) is 24.3 Å². The van der Waals surface area contributed by atoms with Crippen LogP contribution in [0.3, 0.4) is 0 Å². The van der Waals surface area contributed by atoms with Crippen LogP contribution in [0.5, 0.6) is 0 Å². The van der Waals surface area contributed by atoms with Crippen LogP contribution in [-0.2, 0) is 9.59 Å².